The lowest BCUT2D eigenvalue weighted by atomic mass is 9.89. The lowest BCUT2D eigenvalue weighted by molar-refractivity contribution is -0.118. The minimum Gasteiger partial charge on any atom is -0.355 e. The van der Waals surface area contributed by atoms with Gasteiger partial charge >= 0.3 is 0 Å². The van der Waals surface area contributed by atoms with E-state index >= 15 is 0 Å². The summed E-state index contributed by atoms with van der Waals surface area (Å²) in [6, 6.07) is 5.87. The molecule has 21 heavy (non-hydrogen) atoms. The molecule has 4 heteroatoms. The van der Waals surface area contributed by atoms with Crippen LogP contribution in [0.5, 0.6) is 0 Å². The second-order valence-corrected chi connectivity index (χ2v) is 5.71. The molecule has 1 atom stereocenters. The Hall–Kier alpha value is -1.68. The number of aryl methyl sites for hydroxylation is 2. The van der Waals surface area contributed by atoms with E-state index in [0.29, 0.717) is 13.1 Å². The summed E-state index contributed by atoms with van der Waals surface area (Å²) in [7, 11) is 0. The van der Waals surface area contributed by atoms with Crippen LogP contribution in [0, 0.1) is 0 Å². The van der Waals surface area contributed by atoms with Gasteiger partial charge in [-0.25, -0.2) is 0 Å². The van der Waals surface area contributed by atoms with Crippen molar-refractivity contribution in [2.24, 2.45) is 0 Å². The van der Waals surface area contributed by atoms with Crippen LogP contribution in [0.25, 0.3) is 0 Å². The molecular formula is C17H24N2O2. The Labute approximate surface area is 126 Å². The molecule has 1 aliphatic carbocycles. The van der Waals surface area contributed by atoms with Crippen molar-refractivity contribution in [1.82, 2.24) is 10.6 Å². The fourth-order valence-corrected chi connectivity index (χ4v) is 2.76. The van der Waals surface area contributed by atoms with Gasteiger partial charge in [0.15, 0.2) is 5.78 Å². The van der Waals surface area contributed by atoms with Crippen molar-refractivity contribution in [3.8, 4) is 0 Å². The maximum atomic E-state index is 12.4. The van der Waals surface area contributed by atoms with Crippen LogP contribution < -0.4 is 10.6 Å². The predicted molar refractivity (Wildman–Crippen MR) is 83.6 cm³/mol. The Kier molecular flexibility index (Phi) is 5.51. The van der Waals surface area contributed by atoms with Gasteiger partial charge in [-0.05, 0) is 49.8 Å². The van der Waals surface area contributed by atoms with Crippen LogP contribution in [0.1, 0.15) is 48.2 Å². The van der Waals surface area contributed by atoms with Gasteiger partial charge < -0.3 is 10.6 Å². The highest BCUT2D eigenvalue weighted by atomic mass is 16.1. The second kappa shape index (κ2) is 7.36. The van der Waals surface area contributed by atoms with E-state index < -0.39 is 0 Å². The Morgan fingerprint density at radius 1 is 1.14 bits per heavy atom. The number of fused-ring (bicyclic) bond motifs is 1. The van der Waals surface area contributed by atoms with Crippen molar-refractivity contribution >= 4 is 11.7 Å². The molecule has 114 valence electrons. The largest absolute Gasteiger partial charge is 0.355 e. The van der Waals surface area contributed by atoms with Crippen LogP contribution in [-0.2, 0) is 17.6 Å². The molecule has 0 fully saturated rings. The lowest BCUT2D eigenvalue weighted by Gasteiger charge is -2.18. The molecule has 1 aromatic rings. The molecule has 1 amide bonds. The molecule has 4 nitrogen and oxygen atoms in total. The fourth-order valence-electron chi connectivity index (χ4n) is 2.76. The molecule has 0 bridgehead atoms. The van der Waals surface area contributed by atoms with Gasteiger partial charge in [0.25, 0.3) is 0 Å². The highest BCUT2D eigenvalue weighted by Crippen LogP contribution is 2.22. The summed E-state index contributed by atoms with van der Waals surface area (Å²) in [6.07, 6.45) is 4.69. The highest BCUT2D eigenvalue weighted by Gasteiger charge is 2.17. The number of carbonyl (C=O) groups is 2. The van der Waals surface area contributed by atoms with Gasteiger partial charge in [-0.1, -0.05) is 12.1 Å². The average molecular weight is 288 g/mol. The minimum absolute atomic E-state index is 0.0505. The van der Waals surface area contributed by atoms with Crippen LogP contribution in [0.4, 0.5) is 0 Å². The van der Waals surface area contributed by atoms with E-state index in [1.54, 1.807) is 0 Å². The van der Waals surface area contributed by atoms with E-state index in [2.05, 4.69) is 22.8 Å². The van der Waals surface area contributed by atoms with Gasteiger partial charge in [0.05, 0.1) is 6.04 Å². The first-order valence-electron chi connectivity index (χ1n) is 7.72. The Bertz CT molecular complexity index is 526. The predicted octanol–water partition coefficient (Wildman–Crippen LogP) is 1.86. The standard InChI is InChI=1S/C17H24N2O2/c1-12(18-9-10-19-13(2)20)17(21)16-8-7-14-5-3-4-6-15(14)11-16/h7-8,11-12,18H,3-6,9-10H2,1-2H3,(H,19,20). The van der Waals surface area contributed by atoms with Gasteiger partial charge in [0, 0.05) is 25.6 Å². The monoisotopic (exact) mass is 288 g/mol. The SMILES string of the molecule is CC(=O)NCCNC(C)C(=O)c1ccc2c(c1)CCCC2. The van der Waals surface area contributed by atoms with Crippen molar-refractivity contribution in [3.05, 3.63) is 34.9 Å². The van der Waals surface area contributed by atoms with Crippen molar-refractivity contribution in [3.63, 3.8) is 0 Å². The number of ketones is 1. The number of hydrogen-bond donors (Lipinski definition) is 2. The third-order valence-corrected chi connectivity index (χ3v) is 3.98. The second-order valence-electron chi connectivity index (χ2n) is 5.71. The molecule has 1 unspecified atom stereocenters. The van der Waals surface area contributed by atoms with E-state index in [1.165, 1.54) is 30.9 Å². The van der Waals surface area contributed by atoms with Crippen LogP contribution in [0.15, 0.2) is 18.2 Å². The Balaban J connectivity index is 1.91. The number of nitrogens with one attached hydrogen (secondary N) is 2. The zero-order valence-corrected chi connectivity index (χ0v) is 12.9. The van der Waals surface area contributed by atoms with Crippen LogP contribution in [0.3, 0.4) is 0 Å². The van der Waals surface area contributed by atoms with E-state index in [9.17, 15) is 9.59 Å². The number of Topliss-reactive ketones (excluding diaryl/α,β-unsaturated/α-hetero) is 1. The maximum absolute atomic E-state index is 12.4. The van der Waals surface area contributed by atoms with Crippen LogP contribution in [0.2, 0.25) is 0 Å². The normalized spacial score (nSPS) is 15.1. The average Bonchev–Trinajstić information content (AvgIpc) is 2.50. The first-order chi connectivity index (χ1) is 10.1. The summed E-state index contributed by atoms with van der Waals surface area (Å²) in [5.74, 6) is 0.0664. The Morgan fingerprint density at radius 3 is 2.57 bits per heavy atom. The molecule has 2 rings (SSSR count). The molecule has 0 saturated carbocycles. The third kappa shape index (κ3) is 4.39. The molecule has 0 saturated heterocycles. The van der Waals surface area contributed by atoms with Crippen LogP contribution in [-0.4, -0.2) is 30.8 Å². The lowest BCUT2D eigenvalue weighted by Crippen LogP contribution is -2.39. The highest BCUT2D eigenvalue weighted by molar-refractivity contribution is 6.00. The number of benzene rings is 1. The molecule has 0 aromatic heterocycles. The van der Waals surface area contributed by atoms with E-state index in [-0.39, 0.29) is 17.7 Å². The van der Waals surface area contributed by atoms with Crippen molar-refractivity contribution < 1.29 is 9.59 Å². The van der Waals surface area contributed by atoms with E-state index in [1.807, 2.05) is 13.0 Å². The van der Waals surface area contributed by atoms with Crippen molar-refractivity contribution in [2.75, 3.05) is 13.1 Å². The summed E-state index contributed by atoms with van der Waals surface area (Å²) in [6.45, 7) is 4.49. The molecule has 1 aliphatic rings. The minimum atomic E-state index is -0.236. The quantitative estimate of drug-likeness (QED) is 0.620. The summed E-state index contributed by atoms with van der Waals surface area (Å²) in [4.78, 5) is 23.2. The molecular weight excluding hydrogens is 264 g/mol. The first-order valence-corrected chi connectivity index (χ1v) is 7.72. The van der Waals surface area contributed by atoms with Crippen LogP contribution >= 0.6 is 0 Å². The van der Waals surface area contributed by atoms with Gasteiger partial charge in [-0.15, -0.1) is 0 Å². The molecule has 0 radical (unpaired) electrons. The zero-order chi connectivity index (χ0) is 15.2. The topological polar surface area (TPSA) is 58.2 Å². The Morgan fingerprint density at radius 2 is 1.86 bits per heavy atom. The molecule has 2 N–H and O–H groups in total. The molecule has 0 heterocycles. The van der Waals surface area contributed by atoms with Gasteiger partial charge in [-0.2, -0.15) is 0 Å². The summed E-state index contributed by atoms with van der Waals surface area (Å²) >= 11 is 0. The number of amides is 1. The van der Waals surface area contributed by atoms with Gasteiger partial charge in [0.1, 0.15) is 0 Å². The molecule has 0 aliphatic heterocycles. The van der Waals surface area contributed by atoms with Gasteiger partial charge in [0.2, 0.25) is 5.91 Å². The smallest absolute Gasteiger partial charge is 0.216 e. The summed E-state index contributed by atoms with van der Waals surface area (Å²) in [5.41, 5.74) is 3.51. The maximum Gasteiger partial charge on any atom is 0.216 e. The van der Waals surface area contributed by atoms with E-state index in [0.717, 1.165) is 18.4 Å². The van der Waals surface area contributed by atoms with E-state index in [4.69, 9.17) is 0 Å². The number of rotatable bonds is 6. The fraction of sp³-hybridized carbons (Fsp3) is 0.529. The number of hydrogen-bond acceptors (Lipinski definition) is 3. The molecule has 0 spiro atoms. The number of carbonyl (C=O) groups excluding carboxylic acids is 2. The summed E-state index contributed by atoms with van der Waals surface area (Å²) < 4.78 is 0. The first kappa shape index (κ1) is 15.7. The third-order valence-electron chi connectivity index (χ3n) is 3.98. The van der Waals surface area contributed by atoms with Crippen molar-refractivity contribution in [2.45, 2.75) is 45.6 Å². The summed E-state index contributed by atoms with van der Waals surface area (Å²) in [5, 5.41) is 5.86. The zero-order valence-electron chi connectivity index (χ0n) is 12.9. The molecule has 1 aromatic carbocycles. The van der Waals surface area contributed by atoms with Crippen molar-refractivity contribution in [1.29, 1.82) is 0 Å². The van der Waals surface area contributed by atoms with Gasteiger partial charge in [-0.3, -0.25) is 9.59 Å².